The Kier molecular flexibility index (Phi) is 5.49. The van der Waals surface area contributed by atoms with Gasteiger partial charge in [0.1, 0.15) is 10.3 Å². The fourth-order valence-corrected chi connectivity index (χ4v) is 4.63. The Labute approximate surface area is 131 Å². The Morgan fingerprint density at radius 1 is 1.36 bits per heavy atom. The van der Waals surface area contributed by atoms with Crippen molar-refractivity contribution in [3.8, 4) is 0 Å². The molecule has 1 saturated heterocycles. The first-order valence-corrected chi connectivity index (χ1v) is 9.08. The van der Waals surface area contributed by atoms with E-state index in [2.05, 4.69) is 10.0 Å². The summed E-state index contributed by atoms with van der Waals surface area (Å²) in [4.78, 5) is 2.05. The Bertz CT molecular complexity index is 595. The lowest BCUT2D eigenvalue weighted by molar-refractivity contribution is -0.182. The van der Waals surface area contributed by atoms with E-state index in [1.54, 1.807) is 13.0 Å². The van der Waals surface area contributed by atoms with E-state index in [1.807, 2.05) is 0 Å². The second kappa shape index (κ2) is 6.83. The molecule has 0 radical (unpaired) electrons. The number of hydrogen-bond donors (Lipinski definition) is 2. The number of rotatable bonds is 5. The van der Waals surface area contributed by atoms with Gasteiger partial charge in [-0.1, -0.05) is 0 Å². The quantitative estimate of drug-likeness (QED) is 0.831. The van der Waals surface area contributed by atoms with Crippen molar-refractivity contribution in [1.29, 1.82) is 0 Å². The topological polar surface area (TPSA) is 61.4 Å². The summed E-state index contributed by atoms with van der Waals surface area (Å²) in [6.45, 7) is 2.46. The molecule has 5 nitrogen and oxygen atoms in total. The van der Waals surface area contributed by atoms with Crippen LogP contribution in [-0.4, -0.2) is 58.3 Å². The van der Waals surface area contributed by atoms with Gasteiger partial charge in [0.15, 0.2) is 0 Å². The van der Waals surface area contributed by atoms with E-state index in [0.717, 1.165) is 16.2 Å². The molecular formula is C12H18F3N3O2S2. The van der Waals surface area contributed by atoms with Gasteiger partial charge in [-0.25, -0.2) is 13.1 Å². The molecule has 10 heteroatoms. The van der Waals surface area contributed by atoms with Crippen molar-refractivity contribution < 1.29 is 21.6 Å². The fourth-order valence-electron chi connectivity index (χ4n) is 2.26. The van der Waals surface area contributed by atoms with Gasteiger partial charge < -0.3 is 5.32 Å². The van der Waals surface area contributed by atoms with Crippen LogP contribution in [0.3, 0.4) is 0 Å². The zero-order chi connectivity index (χ0) is 16.4. The SMILES string of the molecule is Cc1ccc(S(=O)(=O)NCC(N2CCNCC2)C(F)(F)F)s1. The molecule has 0 saturated carbocycles. The second-order valence-electron chi connectivity index (χ2n) is 5.06. The number of hydrogen-bond acceptors (Lipinski definition) is 5. The Hall–Kier alpha value is -0.680. The smallest absolute Gasteiger partial charge is 0.314 e. The number of halogens is 3. The van der Waals surface area contributed by atoms with Crippen molar-refractivity contribution in [2.45, 2.75) is 23.4 Å². The van der Waals surface area contributed by atoms with Crippen LogP contribution in [0.5, 0.6) is 0 Å². The van der Waals surface area contributed by atoms with Gasteiger partial charge >= 0.3 is 6.18 Å². The molecule has 2 N–H and O–H groups in total. The maximum absolute atomic E-state index is 13.2. The number of nitrogens with one attached hydrogen (secondary N) is 2. The van der Waals surface area contributed by atoms with Crippen molar-refractivity contribution in [3.05, 3.63) is 17.0 Å². The normalized spacial score (nSPS) is 19.3. The summed E-state index contributed by atoms with van der Waals surface area (Å²) in [6, 6.07) is 1.21. The fraction of sp³-hybridized carbons (Fsp3) is 0.667. The number of piperazine rings is 1. The molecule has 0 bridgehead atoms. The van der Waals surface area contributed by atoms with Crippen molar-refractivity contribution in [2.24, 2.45) is 0 Å². The first-order valence-electron chi connectivity index (χ1n) is 6.78. The molecular weight excluding hydrogens is 339 g/mol. The van der Waals surface area contributed by atoms with Crippen LogP contribution in [-0.2, 0) is 10.0 Å². The van der Waals surface area contributed by atoms with E-state index < -0.39 is 28.8 Å². The average Bonchev–Trinajstić information content (AvgIpc) is 2.86. The van der Waals surface area contributed by atoms with Crippen LogP contribution in [0.15, 0.2) is 16.3 Å². The van der Waals surface area contributed by atoms with Gasteiger partial charge in [0.05, 0.1) is 0 Å². The predicted octanol–water partition coefficient (Wildman–Crippen LogP) is 1.17. The molecule has 0 aliphatic carbocycles. The van der Waals surface area contributed by atoms with Crippen LogP contribution in [0.4, 0.5) is 13.2 Å². The maximum atomic E-state index is 13.2. The Morgan fingerprint density at radius 3 is 2.50 bits per heavy atom. The molecule has 2 heterocycles. The van der Waals surface area contributed by atoms with Crippen LogP contribution < -0.4 is 10.0 Å². The first-order chi connectivity index (χ1) is 10.2. The first kappa shape index (κ1) is 17.7. The lowest BCUT2D eigenvalue weighted by Crippen LogP contribution is -2.57. The van der Waals surface area contributed by atoms with Crippen molar-refractivity contribution in [3.63, 3.8) is 0 Å². The molecule has 1 aromatic rings. The second-order valence-corrected chi connectivity index (χ2v) is 8.34. The third-order valence-corrected chi connectivity index (χ3v) is 6.33. The predicted molar refractivity (Wildman–Crippen MR) is 78.5 cm³/mol. The van der Waals surface area contributed by atoms with Gasteiger partial charge in [0.25, 0.3) is 0 Å². The highest BCUT2D eigenvalue weighted by Gasteiger charge is 2.44. The highest BCUT2D eigenvalue weighted by Crippen LogP contribution is 2.26. The summed E-state index contributed by atoms with van der Waals surface area (Å²) >= 11 is 1.03. The van der Waals surface area contributed by atoms with E-state index in [1.165, 1.54) is 11.0 Å². The molecule has 1 aliphatic rings. The number of alkyl halides is 3. The van der Waals surface area contributed by atoms with E-state index in [-0.39, 0.29) is 17.3 Å². The van der Waals surface area contributed by atoms with Crippen molar-refractivity contribution in [1.82, 2.24) is 14.9 Å². The van der Waals surface area contributed by atoms with Crippen LogP contribution in [0.25, 0.3) is 0 Å². The number of nitrogens with zero attached hydrogens (tertiary/aromatic N) is 1. The summed E-state index contributed by atoms with van der Waals surface area (Å²) in [5.74, 6) is 0. The van der Waals surface area contributed by atoms with E-state index in [4.69, 9.17) is 0 Å². The van der Waals surface area contributed by atoms with Crippen molar-refractivity contribution in [2.75, 3.05) is 32.7 Å². The number of aryl methyl sites for hydroxylation is 1. The summed E-state index contributed by atoms with van der Waals surface area (Å²) in [5, 5.41) is 2.98. The third kappa shape index (κ3) is 4.42. The molecule has 2 rings (SSSR count). The molecule has 126 valence electrons. The Morgan fingerprint density at radius 2 is 2.00 bits per heavy atom. The monoisotopic (exact) mass is 357 g/mol. The lowest BCUT2D eigenvalue weighted by Gasteiger charge is -2.35. The average molecular weight is 357 g/mol. The highest BCUT2D eigenvalue weighted by molar-refractivity contribution is 7.91. The molecule has 1 atom stereocenters. The van der Waals surface area contributed by atoms with Gasteiger partial charge in [0, 0.05) is 37.6 Å². The van der Waals surface area contributed by atoms with Gasteiger partial charge in [-0.3, -0.25) is 4.90 Å². The van der Waals surface area contributed by atoms with Crippen LogP contribution in [0.1, 0.15) is 4.88 Å². The number of thiophene rings is 1. The molecule has 1 fully saturated rings. The third-order valence-electron chi connectivity index (χ3n) is 3.42. The summed E-state index contributed by atoms with van der Waals surface area (Å²) in [6.07, 6.45) is -4.48. The standard InChI is InChI=1S/C12H18F3N3O2S2/c1-9-2-3-11(21-9)22(19,20)17-8-10(12(13,14)15)18-6-4-16-5-7-18/h2-3,10,16-17H,4-8H2,1H3. The zero-order valence-electron chi connectivity index (χ0n) is 12.0. The molecule has 0 spiro atoms. The minimum Gasteiger partial charge on any atom is -0.314 e. The summed E-state index contributed by atoms with van der Waals surface area (Å²) in [7, 11) is -3.91. The molecule has 0 amide bonds. The largest absolute Gasteiger partial charge is 0.405 e. The van der Waals surface area contributed by atoms with Crippen LogP contribution in [0.2, 0.25) is 0 Å². The van der Waals surface area contributed by atoms with E-state index in [9.17, 15) is 21.6 Å². The Balaban J connectivity index is 2.07. The van der Waals surface area contributed by atoms with Crippen molar-refractivity contribution >= 4 is 21.4 Å². The zero-order valence-corrected chi connectivity index (χ0v) is 13.6. The highest BCUT2D eigenvalue weighted by atomic mass is 32.2. The summed E-state index contributed by atoms with van der Waals surface area (Å²) < 4.78 is 65.8. The van der Waals surface area contributed by atoms with E-state index >= 15 is 0 Å². The molecule has 22 heavy (non-hydrogen) atoms. The maximum Gasteiger partial charge on any atom is 0.405 e. The lowest BCUT2D eigenvalue weighted by atomic mass is 10.2. The molecule has 1 unspecified atom stereocenters. The molecule has 1 aromatic heterocycles. The van der Waals surface area contributed by atoms with Crippen LogP contribution in [0, 0.1) is 6.92 Å². The van der Waals surface area contributed by atoms with Gasteiger partial charge in [0.2, 0.25) is 10.0 Å². The molecule has 1 aliphatic heterocycles. The van der Waals surface area contributed by atoms with Gasteiger partial charge in [-0.2, -0.15) is 13.2 Å². The molecule has 0 aromatic carbocycles. The minimum atomic E-state index is -4.48. The minimum absolute atomic E-state index is 0.0336. The number of sulfonamides is 1. The van der Waals surface area contributed by atoms with Gasteiger partial charge in [-0.15, -0.1) is 11.3 Å². The van der Waals surface area contributed by atoms with Crippen LogP contribution >= 0.6 is 11.3 Å². The van der Waals surface area contributed by atoms with E-state index in [0.29, 0.717) is 13.1 Å². The van der Waals surface area contributed by atoms with Gasteiger partial charge in [-0.05, 0) is 19.1 Å². The summed E-state index contributed by atoms with van der Waals surface area (Å²) in [5.41, 5.74) is 0.